The fourth-order valence-corrected chi connectivity index (χ4v) is 1.77. The van der Waals surface area contributed by atoms with E-state index in [-0.39, 0.29) is 0 Å². The number of β-amino-alcohol motifs (C(OH)–C–C–N with tert-alkyl or cyclic N) is 1. The molecule has 0 radical (unpaired) electrons. The van der Waals surface area contributed by atoms with Gasteiger partial charge in [0.25, 0.3) is 0 Å². The minimum Gasteiger partial charge on any atom is -0.390 e. The SMILES string of the molecule is NCC(O)CN1C=Cc2ccccc2C1. The Morgan fingerprint density at radius 2 is 2.20 bits per heavy atom. The van der Waals surface area contributed by atoms with Crippen molar-refractivity contribution >= 4 is 6.08 Å². The number of aliphatic hydroxyl groups is 1. The first-order valence-corrected chi connectivity index (χ1v) is 5.18. The average molecular weight is 204 g/mol. The molecule has 0 spiro atoms. The second kappa shape index (κ2) is 4.47. The van der Waals surface area contributed by atoms with Crippen LogP contribution in [0, 0.1) is 0 Å². The lowest BCUT2D eigenvalue weighted by atomic mass is 10.0. The number of aliphatic hydroxyl groups excluding tert-OH is 1. The third kappa shape index (κ3) is 2.37. The molecule has 0 aromatic heterocycles. The van der Waals surface area contributed by atoms with Crippen LogP contribution >= 0.6 is 0 Å². The first kappa shape index (κ1) is 10.2. The molecule has 15 heavy (non-hydrogen) atoms. The standard InChI is InChI=1S/C12H16N2O/c13-7-12(15)9-14-6-5-10-3-1-2-4-11(10)8-14/h1-6,12,15H,7-9,13H2. The van der Waals surface area contributed by atoms with Crippen molar-refractivity contribution in [2.24, 2.45) is 5.73 Å². The van der Waals surface area contributed by atoms with Gasteiger partial charge in [-0.05, 0) is 17.2 Å². The summed E-state index contributed by atoms with van der Waals surface area (Å²) in [7, 11) is 0. The molecule has 3 nitrogen and oxygen atoms in total. The molecule has 0 saturated carbocycles. The lowest BCUT2D eigenvalue weighted by Crippen LogP contribution is -2.34. The Morgan fingerprint density at radius 3 is 3.00 bits per heavy atom. The normalized spacial score (nSPS) is 16.3. The van der Waals surface area contributed by atoms with Crippen LogP contribution in [-0.2, 0) is 6.54 Å². The molecule has 0 bridgehead atoms. The summed E-state index contributed by atoms with van der Waals surface area (Å²) in [6.45, 7) is 1.76. The lowest BCUT2D eigenvalue weighted by Gasteiger charge is -2.27. The maximum Gasteiger partial charge on any atom is 0.0836 e. The highest BCUT2D eigenvalue weighted by atomic mass is 16.3. The Balaban J connectivity index is 2.06. The first-order valence-electron chi connectivity index (χ1n) is 5.18. The molecular formula is C12H16N2O. The molecule has 2 rings (SSSR count). The van der Waals surface area contributed by atoms with Gasteiger partial charge in [-0.2, -0.15) is 0 Å². The predicted octanol–water partition coefficient (Wildman–Crippen LogP) is 0.792. The number of fused-ring (bicyclic) bond motifs is 1. The van der Waals surface area contributed by atoms with Crippen LogP contribution in [0.25, 0.3) is 6.08 Å². The molecule has 1 aliphatic rings. The number of hydrogen-bond acceptors (Lipinski definition) is 3. The monoisotopic (exact) mass is 204 g/mol. The number of nitrogens with zero attached hydrogens (tertiary/aromatic N) is 1. The van der Waals surface area contributed by atoms with E-state index in [1.54, 1.807) is 0 Å². The summed E-state index contributed by atoms with van der Waals surface area (Å²) < 4.78 is 0. The minimum absolute atomic E-state index is 0.311. The van der Waals surface area contributed by atoms with E-state index in [2.05, 4.69) is 23.1 Å². The Bertz CT molecular complexity index is 362. The first-order chi connectivity index (χ1) is 7.29. The Labute approximate surface area is 89.8 Å². The molecule has 0 aliphatic carbocycles. The largest absolute Gasteiger partial charge is 0.390 e. The van der Waals surface area contributed by atoms with E-state index in [9.17, 15) is 5.11 Å². The minimum atomic E-state index is -0.445. The molecule has 3 heteroatoms. The van der Waals surface area contributed by atoms with Crippen LogP contribution in [0.4, 0.5) is 0 Å². The van der Waals surface area contributed by atoms with Crippen molar-refractivity contribution in [2.75, 3.05) is 13.1 Å². The number of rotatable bonds is 3. The Morgan fingerprint density at radius 1 is 1.40 bits per heavy atom. The van der Waals surface area contributed by atoms with Gasteiger partial charge in [0.1, 0.15) is 0 Å². The molecule has 3 N–H and O–H groups in total. The molecule has 1 aliphatic heterocycles. The third-order valence-corrected chi connectivity index (χ3v) is 2.61. The Hall–Kier alpha value is -1.32. The van der Waals surface area contributed by atoms with Crippen LogP contribution in [0.5, 0.6) is 0 Å². The van der Waals surface area contributed by atoms with Crippen LogP contribution in [-0.4, -0.2) is 29.2 Å². The summed E-state index contributed by atoms with van der Waals surface area (Å²) in [6.07, 6.45) is 3.64. The highest BCUT2D eigenvalue weighted by molar-refractivity contribution is 5.55. The van der Waals surface area contributed by atoms with Crippen molar-refractivity contribution in [3.63, 3.8) is 0 Å². The second-order valence-electron chi connectivity index (χ2n) is 3.83. The fraction of sp³-hybridized carbons (Fsp3) is 0.333. The number of hydrogen-bond donors (Lipinski definition) is 2. The summed E-state index contributed by atoms with van der Waals surface area (Å²) in [5.74, 6) is 0. The highest BCUT2D eigenvalue weighted by Gasteiger charge is 2.12. The molecule has 1 aromatic rings. The van der Waals surface area contributed by atoms with Crippen LogP contribution in [0.3, 0.4) is 0 Å². The van der Waals surface area contributed by atoms with Gasteiger partial charge < -0.3 is 15.7 Å². The van der Waals surface area contributed by atoms with Crippen LogP contribution in [0.1, 0.15) is 11.1 Å². The van der Waals surface area contributed by atoms with Crippen LogP contribution < -0.4 is 5.73 Å². The van der Waals surface area contributed by atoms with Crippen molar-refractivity contribution < 1.29 is 5.11 Å². The van der Waals surface area contributed by atoms with Crippen molar-refractivity contribution in [3.8, 4) is 0 Å². The molecule has 0 fully saturated rings. The van der Waals surface area contributed by atoms with Gasteiger partial charge >= 0.3 is 0 Å². The van der Waals surface area contributed by atoms with E-state index in [0.717, 1.165) is 6.54 Å². The highest BCUT2D eigenvalue weighted by Crippen LogP contribution is 2.18. The van der Waals surface area contributed by atoms with Crippen LogP contribution in [0.2, 0.25) is 0 Å². The summed E-state index contributed by atoms with van der Waals surface area (Å²) >= 11 is 0. The van der Waals surface area contributed by atoms with Gasteiger partial charge in [0.05, 0.1) is 6.10 Å². The smallest absolute Gasteiger partial charge is 0.0836 e. The third-order valence-electron chi connectivity index (χ3n) is 2.61. The topological polar surface area (TPSA) is 49.5 Å². The van der Waals surface area contributed by atoms with E-state index >= 15 is 0 Å². The lowest BCUT2D eigenvalue weighted by molar-refractivity contribution is 0.138. The summed E-state index contributed by atoms with van der Waals surface area (Å²) in [6, 6.07) is 8.28. The number of nitrogens with two attached hydrogens (primary N) is 1. The molecule has 1 heterocycles. The predicted molar refractivity (Wildman–Crippen MR) is 60.9 cm³/mol. The van der Waals surface area contributed by atoms with E-state index in [1.165, 1.54) is 11.1 Å². The molecule has 0 amide bonds. The van der Waals surface area contributed by atoms with Crippen molar-refractivity contribution in [2.45, 2.75) is 12.6 Å². The quantitative estimate of drug-likeness (QED) is 0.765. The molecule has 80 valence electrons. The van der Waals surface area contributed by atoms with Crippen molar-refractivity contribution in [3.05, 3.63) is 41.6 Å². The van der Waals surface area contributed by atoms with Crippen molar-refractivity contribution in [1.29, 1.82) is 0 Å². The van der Waals surface area contributed by atoms with Crippen LogP contribution in [0.15, 0.2) is 30.5 Å². The zero-order valence-electron chi connectivity index (χ0n) is 8.63. The fourth-order valence-electron chi connectivity index (χ4n) is 1.77. The van der Waals surface area contributed by atoms with Gasteiger partial charge in [-0.3, -0.25) is 0 Å². The maximum absolute atomic E-state index is 9.46. The Kier molecular flexibility index (Phi) is 3.04. The summed E-state index contributed by atoms with van der Waals surface area (Å²) in [5, 5.41) is 9.46. The van der Waals surface area contributed by atoms with Gasteiger partial charge in [-0.1, -0.05) is 24.3 Å². The van der Waals surface area contributed by atoms with E-state index in [1.807, 2.05) is 18.3 Å². The van der Waals surface area contributed by atoms with Gasteiger partial charge in [-0.25, -0.2) is 0 Å². The summed E-state index contributed by atoms with van der Waals surface area (Å²) in [4.78, 5) is 2.08. The molecule has 1 aromatic carbocycles. The second-order valence-corrected chi connectivity index (χ2v) is 3.83. The van der Waals surface area contributed by atoms with Gasteiger partial charge in [0.15, 0.2) is 0 Å². The van der Waals surface area contributed by atoms with Crippen molar-refractivity contribution in [1.82, 2.24) is 4.90 Å². The average Bonchev–Trinajstić information content (AvgIpc) is 2.29. The summed E-state index contributed by atoms with van der Waals surface area (Å²) in [5.41, 5.74) is 7.94. The molecule has 1 atom stereocenters. The van der Waals surface area contributed by atoms with E-state index in [4.69, 9.17) is 5.73 Å². The maximum atomic E-state index is 9.46. The van der Waals surface area contributed by atoms with Gasteiger partial charge in [0, 0.05) is 25.8 Å². The molecule has 0 saturated heterocycles. The van der Waals surface area contributed by atoms with Gasteiger partial charge in [0.2, 0.25) is 0 Å². The molecular weight excluding hydrogens is 188 g/mol. The van der Waals surface area contributed by atoms with E-state index in [0.29, 0.717) is 13.1 Å². The van der Waals surface area contributed by atoms with Gasteiger partial charge in [-0.15, -0.1) is 0 Å². The zero-order chi connectivity index (χ0) is 10.7. The zero-order valence-corrected chi connectivity index (χ0v) is 8.63. The number of benzene rings is 1. The van der Waals surface area contributed by atoms with E-state index < -0.39 is 6.10 Å². The molecule has 1 unspecified atom stereocenters.